The molecule has 0 bridgehead atoms. The summed E-state index contributed by atoms with van der Waals surface area (Å²) in [5.41, 5.74) is 6.67. The Balaban J connectivity index is 0.000000348. The molecule has 0 saturated carbocycles. The van der Waals surface area contributed by atoms with Gasteiger partial charge in [-0.15, -0.1) is 0 Å². The maximum atomic E-state index is 11.4. The first-order valence-electron chi connectivity index (χ1n) is 19.7. The third-order valence-corrected chi connectivity index (χ3v) is 10.5. The number of pyridine rings is 2. The van der Waals surface area contributed by atoms with E-state index in [1.165, 1.54) is 105 Å². The molecule has 6 rings (SSSR count). The average Bonchev–Trinajstić information content (AvgIpc) is 3.08. The van der Waals surface area contributed by atoms with Crippen LogP contribution < -0.4 is 29.5 Å². The van der Waals surface area contributed by atoms with Gasteiger partial charge in [0.15, 0.2) is 0 Å². The van der Waals surface area contributed by atoms with Gasteiger partial charge in [-0.25, -0.2) is 4.98 Å². The quantitative estimate of drug-likeness (QED) is 0.108. The number of carboxylic acid groups (broad SMARTS) is 1. The van der Waals surface area contributed by atoms with Gasteiger partial charge in [0.25, 0.3) is 0 Å². The van der Waals surface area contributed by atoms with Crippen molar-refractivity contribution in [2.45, 2.75) is 116 Å². The number of likely N-dealkylation sites (tertiary alicyclic amines) is 2. The number of unbranched alkanes of at least 4 members (excludes halogenated alkanes) is 5. The topological polar surface area (TPSA) is 181 Å². The van der Waals surface area contributed by atoms with Crippen LogP contribution in [0.2, 0.25) is 0 Å². The van der Waals surface area contributed by atoms with E-state index in [1.54, 1.807) is 0 Å². The number of nitrogens with one attached hydrogen (secondary N) is 2. The third kappa shape index (κ3) is 16.4. The van der Waals surface area contributed by atoms with Crippen molar-refractivity contribution < 1.29 is 49.2 Å². The van der Waals surface area contributed by atoms with Crippen molar-refractivity contribution in [3.05, 3.63) is 52.5 Å². The van der Waals surface area contributed by atoms with Gasteiger partial charge < -0.3 is 31.4 Å². The summed E-state index contributed by atoms with van der Waals surface area (Å²) in [7, 11) is 0. The van der Waals surface area contributed by atoms with Crippen molar-refractivity contribution in [2.75, 3.05) is 64.3 Å². The van der Waals surface area contributed by atoms with Crippen molar-refractivity contribution in [3.8, 4) is 0 Å². The number of carboxylic acids is 1. The smallest absolute Gasteiger partial charge is 0.870 e. The van der Waals surface area contributed by atoms with E-state index in [0.717, 1.165) is 76.7 Å². The molecule has 12 nitrogen and oxygen atoms in total. The molecule has 13 heteroatoms. The van der Waals surface area contributed by atoms with Gasteiger partial charge in [-0.1, -0.05) is 37.8 Å². The fourth-order valence-corrected chi connectivity index (χ4v) is 7.68. The number of aryl methyl sites for hydroxylation is 5. The van der Waals surface area contributed by atoms with Gasteiger partial charge in [0.05, 0.1) is 19.7 Å². The summed E-state index contributed by atoms with van der Waals surface area (Å²) < 4.78 is 4.99. The maximum Gasteiger partial charge on any atom is 1.00 e. The molecule has 2 aromatic heterocycles. The van der Waals surface area contributed by atoms with Gasteiger partial charge in [0, 0.05) is 55.8 Å². The first-order chi connectivity index (χ1) is 24.4. The number of esters is 1. The summed E-state index contributed by atoms with van der Waals surface area (Å²) in [4.78, 5) is 35.7. The summed E-state index contributed by atoms with van der Waals surface area (Å²) in [5.74, 6) is 1.07. The number of aliphatic carboxylic acids is 1. The van der Waals surface area contributed by atoms with Gasteiger partial charge in [0.1, 0.15) is 5.82 Å². The Morgan fingerprint density at radius 2 is 1.47 bits per heavy atom. The third-order valence-electron chi connectivity index (χ3n) is 10.5. The minimum Gasteiger partial charge on any atom is -0.870 e. The SMILES string of the molecule is CCOC(=O)CN1CC(CCCCCCc2ccc3c(n2)NCCC3)C1.O.O=C(O)CN1CC(NCCCCCc2ccc3c(n2)CCCC3)C1.[Li+].[OH-]. The van der Waals surface area contributed by atoms with E-state index < -0.39 is 5.97 Å². The standard InChI is InChI=1S/C21H33N3O2.C19H29N3O2.Li.2H2O/c1-2-26-20(25)16-24-14-17(15-24)8-5-3-4-6-10-19-12-11-18-9-7-13-22-21(18)23-19;23-19(24)14-22-12-17(13-22)20-11-5-1-2-7-16-10-9-15-6-3-4-8-18(15)21-16;;;/h11-12,17H,2-10,13-16H2,1H3,(H,22,23);9-10,17,20H,1-8,11-14H2,(H,23,24);;2*1H2/q;;+1;;/p-1. The predicted octanol–water partition coefficient (Wildman–Crippen LogP) is 1.46. The molecule has 0 spiro atoms. The molecule has 0 amide bonds. The molecule has 0 aromatic carbocycles. The van der Waals surface area contributed by atoms with Gasteiger partial charge >= 0.3 is 30.8 Å². The molecule has 6 N–H and O–H groups in total. The van der Waals surface area contributed by atoms with Crippen LogP contribution in [0.15, 0.2) is 24.3 Å². The van der Waals surface area contributed by atoms with Crippen LogP contribution in [0.4, 0.5) is 5.82 Å². The molecule has 2 fully saturated rings. The van der Waals surface area contributed by atoms with Gasteiger partial charge in [-0.2, -0.15) is 0 Å². The van der Waals surface area contributed by atoms with Crippen LogP contribution in [0.5, 0.6) is 0 Å². The Hall–Kier alpha value is -2.56. The number of hydrogen-bond acceptors (Lipinski definition) is 10. The van der Waals surface area contributed by atoms with E-state index >= 15 is 0 Å². The normalized spacial score (nSPS) is 16.7. The fraction of sp³-hybridized carbons (Fsp3) is 0.700. The van der Waals surface area contributed by atoms with Gasteiger partial charge in [0.2, 0.25) is 0 Å². The van der Waals surface area contributed by atoms with Crippen molar-refractivity contribution >= 4 is 17.8 Å². The second-order valence-electron chi connectivity index (χ2n) is 14.8. The Bertz CT molecular complexity index is 1360. The molecule has 3 aliphatic heterocycles. The summed E-state index contributed by atoms with van der Waals surface area (Å²) in [6.07, 6.45) is 19.5. The largest absolute Gasteiger partial charge is 1.00 e. The molecule has 0 unspecified atom stereocenters. The number of ether oxygens (including phenoxy) is 1. The van der Waals surface area contributed by atoms with E-state index in [4.69, 9.17) is 19.8 Å². The van der Waals surface area contributed by atoms with Crippen LogP contribution in [-0.4, -0.2) is 113 Å². The molecule has 1 aliphatic carbocycles. The van der Waals surface area contributed by atoms with E-state index in [1.807, 2.05) is 11.8 Å². The van der Waals surface area contributed by atoms with E-state index in [2.05, 4.69) is 39.8 Å². The van der Waals surface area contributed by atoms with Gasteiger partial charge in [-0.05, 0) is 120 Å². The van der Waals surface area contributed by atoms with Crippen LogP contribution >= 0.6 is 0 Å². The zero-order valence-electron chi connectivity index (χ0n) is 32.5. The Kier molecular flexibility index (Phi) is 22.4. The van der Waals surface area contributed by atoms with Crippen molar-refractivity contribution in [1.82, 2.24) is 25.1 Å². The van der Waals surface area contributed by atoms with E-state index in [9.17, 15) is 9.59 Å². The molecule has 5 heterocycles. The second-order valence-corrected chi connectivity index (χ2v) is 14.8. The molecular weight excluding hydrogens is 667 g/mol. The fourth-order valence-electron chi connectivity index (χ4n) is 7.68. The summed E-state index contributed by atoms with van der Waals surface area (Å²) in [5, 5.41) is 15.6. The van der Waals surface area contributed by atoms with Crippen LogP contribution in [0, 0.1) is 5.92 Å². The first kappa shape index (κ1) is 46.6. The molecule has 292 valence electrons. The molecule has 53 heavy (non-hydrogen) atoms. The minimum absolute atomic E-state index is 0. The first-order valence-corrected chi connectivity index (χ1v) is 19.7. The molecule has 4 aliphatic rings. The Morgan fingerprint density at radius 1 is 0.830 bits per heavy atom. The maximum absolute atomic E-state index is 11.4. The van der Waals surface area contributed by atoms with Crippen molar-refractivity contribution in [2.24, 2.45) is 5.92 Å². The molecule has 2 aromatic rings. The number of fused-ring (bicyclic) bond motifs is 2. The summed E-state index contributed by atoms with van der Waals surface area (Å²) in [6, 6.07) is 9.44. The average molecular weight is 733 g/mol. The van der Waals surface area contributed by atoms with Crippen LogP contribution in [0.1, 0.15) is 106 Å². The summed E-state index contributed by atoms with van der Waals surface area (Å²) in [6.45, 7) is 8.92. The number of anilines is 1. The zero-order chi connectivity index (χ0) is 35.0. The number of carbonyl (C=O) groups is 2. The van der Waals surface area contributed by atoms with E-state index in [0.29, 0.717) is 19.2 Å². The molecule has 2 saturated heterocycles. The number of carbonyl (C=O) groups excluding carboxylic acids is 1. The number of aromatic nitrogens is 2. The van der Waals surface area contributed by atoms with Crippen LogP contribution in [0.25, 0.3) is 0 Å². The number of nitrogens with zero attached hydrogens (tertiary/aromatic N) is 4. The van der Waals surface area contributed by atoms with Crippen molar-refractivity contribution in [3.63, 3.8) is 0 Å². The van der Waals surface area contributed by atoms with Gasteiger partial charge in [-0.3, -0.25) is 24.4 Å². The number of hydrogen-bond donors (Lipinski definition) is 3. The van der Waals surface area contributed by atoms with E-state index in [-0.39, 0.29) is 42.3 Å². The minimum atomic E-state index is -0.732. The summed E-state index contributed by atoms with van der Waals surface area (Å²) >= 11 is 0. The monoisotopic (exact) mass is 733 g/mol. The Labute approximate surface area is 329 Å². The zero-order valence-corrected chi connectivity index (χ0v) is 32.5. The number of rotatable bonds is 19. The predicted molar refractivity (Wildman–Crippen MR) is 204 cm³/mol. The molecule has 0 atom stereocenters. The molecular formula is C40H65LiN6O6. The van der Waals surface area contributed by atoms with Crippen LogP contribution in [0.3, 0.4) is 0 Å². The Morgan fingerprint density at radius 3 is 2.21 bits per heavy atom. The molecule has 0 radical (unpaired) electrons. The van der Waals surface area contributed by atoms with Crippen LogP contribution in [-0.2, 0) is 46.4 Å². The van der Waals surface area contributed by atoms with Crippen molar-refractivity contribution in [1.29, 1.82) is 0 Å². The second kappa shape index (κ2) is 25.5.